The number of aromatic nitrogens is 2. The first kappa shape index (κ1) is 23.2. The Morgan fingerprint density at radius 1 is 1.09 bits per heavy atom. The molecule has 0 radical (unpaired) electrons. The lowest BCUT2D eigenvalue weighted by molar-refractivity contribution is 0.102. The number of aromatic amines is 1. The van der Waals surface area contributed by atoms with Gasteiger partial charge in [-0.1, -0.05) is 0 Å². The van der Waals surface area contributed by atoms with E-state index in [-0.39, 0.29) is 18.2 Å². The molecule has 10 nitrogen and oxygen atoms in total. The van der Waals surface area contributed by atoms with E-state index >= 15 is 0 Å². The van der Waals surface area contributed by atoms with Crippen LogP contribution in [-0.2, 0) is 4.74 Å². The third-order valence-corrected chi connectivity index (χ3v) is 5.62. The first-order valence-corrected chi connectivity index (χ1v) is 11.2. The number of urea groups is 1. The van der Waals surface area contributed by atoms with Crippen molar-refractivity contribution in [2.24, 2.45) is 0 Å². The second-order valence-corrected chi connectivity index (χ2v) is 8.46. The quantitative estimate of drug-likeness (QED) is 0.444. The predicted molar refractivity (Wildman–Crippen MR) is 130 cm³/mol. The van der Waals surface area contributed by atoms with Gasteiger partial charge in [0.2, 0.25) is 0 Å². The maximum absolute atomic E-state index is 12.7. The summed E-state index contributed by atoms with van der Waals surface area (Å²) < 4.78 is 6.62. The Morgan fingerprint density at radius 2 is 1.79 bits per heavy atom. The summed E-state index contributed by atoms with van der Waals surface area (Å²) in [6, 6.07) is 10.6. The highest BCUT2D eigenvalue weighted by atomic mass is 16.5. The van der Waals surface area contributed by atoms with Crippen molar-refractivity contribution in [1.82, 2.24) is 14.9 Å². The number of carbonyl (C=O) groups excluding carboxylic acids is 2. The second kappa shape index (κ2) is 9.92. The smallest absolute Gasteiger partial charge is 0.329 e. The number of fused-ring (bicyclic) bond motifs is 1. The number of anilines is 2. The molecule has 3 aromatic rings. The normalized spacial score (nSPS) is 15.4. The molecule has 1 fully saturated rings. The van der Waals surface area contributed by atoms with E-state index in [0.29, 0.717) is 34.4 Å². The molecule has 0 saturated carbocycles. The van der Waals surface area contributed by atoms with Gasteiger partial charge in [0, 0.05) is 36.1 Å². The highest BCUT2D eigenvalue weighted by Gasteiger charge is 2.16. The minimum absolute atomic E-state index is 0.0625. The first-order chi connectivity index (χ1) is 16.3. The van der Waals surface area contributed by atoms with Gasteiger partial charge < -0.3 is 25.7 Å². The average Bonchev–Trinajstić information content (AvgIpc) is 3.32. The van der Waals surface area contributed by atoms with Crippen LogP contribution in [0.25, 0.3) is 10.9 Å². The van der Waals surface area contributed by atoms with Gasteiger partial charge in [0.1, 0.15) is 0 Å². The number of rotatable bonds is 6. The topological polar surface area (TPSA) is 134 Å². The van der Waals surface area contributed by atoms with Crippen LogP contribution in [0.15, 0.2) is 52.1 Å². The monoisotopic (exact) mass is 465 g/mol. The lowest BCUT2D eigenvalue weighted by atomic mass is 10.1. The average molecular weight is 466 g/mol. The van der Waals surface area contributed by atoms with Gasteiger partial charge in [0.15, 0.2) is 0 Å². The zero-order valence-corrected chi connectivity index (χ0v) is 19.0. The molecule has 0 spiro atoms. The van der Waals surface area contributed by atoms with Crippen molar-refractivity contribution >= 4 is 34.2 Å². The van der Waals surface area contributed by atoms with Gasteiger partial charge in [0.25, 0.3) is 11.5 Å². The summed E-state index contributed by atoms with van der Waals surface area (Å²) >= 11 is 0. The van der Waals surface area contributed by atoms with Crippen molar-refractivity contribution < 1.29 is 14.3 Å². The highest BCUT2D eigenvalue weighted by Crippen LogP contribution is 2.16. The molecule has 0 unspecified atom stereocenters. The zero-order valence-electron chi connectivity index (χ0n) is 19.0. The van der Waals surface area contributed by atoms with E-state index in [0.717, 1.165) is 24.0 Å². The molecule has 34 heavy (non-hydrogen) atoms. The molecule has 1 aliphatic heterocycles. The van der Waals surface area contributed by atoms with Gasteiger partial charge in [-0.3, -0.25) is 14.2 Å². The summed E-state index contributed by atoms with van der Waals surface area (Å²) in [6.45, 7) is 4.70. The molecule has 4 N–H and O–H groups in total. The van der Waals surface area contributed by atoms with E-state index in [1.807, 2.05) is 0 Å². The number of carbonyl (C=O) groups is 2. The fraction of sp³-hybridized carbons (Fsp3) is 0.333. The molecule has 1 saturated heterocycles. The molecule has 0 aliphatic carbocycles. The summed E-state index contributed by atoms with van der Waals surface area (Å²) in [4.78, 5) is 52.2. The van der Waals surface area contributed by atoms with E-state index in [9.17, 15) is 19.2 Å². The van der Waals surface area contributed by atoms with Gasteiger partial charge in [-0.25, -0.2) is 9.59 Å². The lowest BCUT2D eigenvalue weighted by Crippen LogP contribution is -2.36. The maximum atomic E-state index is 12.7. The molecular weight excluding hydrogens is 438 g/mol. The van der Waals surface area contributed by atoms with Crippen LogP contribution in [0.4, 0.5) is 16.2 Å². The Bertz CT molecular complexity index is 1320. The summed E-state index contributed by atoms with van der Waals surface area (Å²) in [7, 11) is 0. The number of nitrogens with zero attached hydrogens (tertiary/aromatic N) is 1. The first-order valence-electron chi connectivity index (χ1n) is 11.2. The van der Waals surface area contributed by atoms with Crippen LogP contribution in [-0.4, -0.2) is 40.7 Å². The molecule has 1 aromatic heterocycles. The van der Waals surface area contributed by atoms with Crippen LogP contribution in [0.5, 0.6) is 0 Å². The van der Waals surface area contributed by atoms with E-state index in [4.69, 9.17) is 4.74 Å². The Labute approximate surface area is 195 Å². The minimum atomic E-state index is -0.520. The molecule has 3 amide bonds. The maximum Gasteiger partial charge on any atom is 0.329 e. The largest absolute Gasteiger partial charge is 0.376 e. The molecule has 1 atom stereocenters. The van der Waals surface area contributed by atoms with Crippen LogP contribution in [0, 0.1) is 0 Å². The molecule has 178 valence electrons. The van der Waals surface area contributed by atoms with Crippen LogP contribution in [0.2, 0.25) is 0 Å². The molecule has 2 heterocycles. The molecular formula is C24H27N5O5. The Morgan fingerprint density at radius 3 is 2.44 bits per heavy atom. The summed E-state index contributed by atoms with van der Waals surface area (Å²) in [5, 5.41) is 8.61. The van der Waals surface area contributed by atoms with Crippen molar-refractivity contribution in [1.29, 1.82) is 0 Å². The van der Waals surface area contributed by atoms with Crippen LogP contribution < -0.4 is 27.2 Å². The summed E-state index contributed by atoms with van der Waals surface area (Å²) in [5.74, 6) is -0.397. The number of H-pyrrole nitrogens is 1. The summed E-state index contributed by atoms with van der Waals surface area (Å²) in [5.41, 5.74) is 0.775. The molecule has 2 aromatic carbocycles. The standard InChI is InChI=1S/C24H27N5O5/c1-14(2)29-22(31)19-10-5-15(12-20(19)28-24(29)33)21(30)26-16-6-8-17(9-7-16)27-23(32)25-13-18-4-3-11-34-18/h5-10,12,14,18H,3-4,11,13H2,1-2H3,(H,26,30)(H,28,33)(H2,25,27,32)/t18-/m0/s1. The van der Waals surface area contributed by atoms with Crippen molar-refractivity contribution in [3.8, 4) is 0 Å². The Hall–Kier alpha value is -3.92. The SMILES string of the molecule is CC(C)n1c(=O)[nH]c2cc(C(=O)Nc3ccc(NC(=O)NC[C@@H]4CCCO4)cc3)ccc2c1=O. The predicted octanol–water partition coefficient (Wildman–Crippen LogP) is 2.82. The number of amides is 3. The van der Waals surface area contributed by atoms with Crippen molar-refractivity contribution in [3.63, 3.8) is 0 Å². The van der Waals surface area contributed by atoms with Gasteiger partial charge in [-0.05, 0) is 69.2 Å². The third-order valence-electron chi connectivity index (χ3n) is 5.62. The van der Waals surface area contributed by atoms with Crippen LogP contribution in [0.3, 0.4) is 0 Å². The number of nitrogens with one attached hydrogen (secondary N) is 4. The van der Waals surface area contributed by atoms with E-state index in [1.165, 1.54) is 18.2 Å². The fourth-order valence-corrected chi connectivity index (χ4v) is 3.87. The van der Waals surface area contributed by atoms with Crippen molar-refractivity contribution in [2.45, 2.75) is 38.8 Å². The zero-order chi connectivity index (χ0) is 24.2. The minimum Gasteiger partial charge on any atom is -0.376 e. The molecule has 10 heteroatoms. The Balaban J connectivity index is 1.40. The van der Waals surface area contributed by atoms with E-state index in [1.54, 1.807) is 38.1 Å². The third kappa shape index (κ3) is 5.18. The van der Waals surface area contributed by atoms with E-state index in [2.05, 4.69) is 20.9 Å². The second-order valence-electron chi connectivity index (χ2n) is 8.46. The molecule has 1 aliphatic rings. The van der Waals surface area contributed by atoms with Crippen LogP contribution >= 0.6 is 0 Å². The highest BCUT2D eigenvalue weighted by molar-refractivity contribution is 6.06. The molecule has 4 rings (SSSR count). The Kier molecular flexibility index (Phi) is 6.78. The number of benzene rings is 2. The number of hydrogen-bond acceptors (Lipinski definition) is 5. The number of hydrogen-bond donors (Lipinski definition) is 4. The fourth-order valence-electron chi connectivity index (χ4n) is 3.87. The van der Waals surface area contributed by atoms with Gasteiger partial charge in [-0.2, -0.15) is 0 Å². The van der Waals surface area contributed by atoms with Gasteiger partial charge >= 0.3 is 11.7 Å². The lowest BCUT2D eigenvalue weighted by Gasteiger charge is -2.12. The van der Waals surface area contributed by atoms with E-state index < -0.39 is 17.2 Å². The van der Waals surface area contributed by atoms with Gasteiger partial charge in [0.05, 0.1) is 17.0 Å². The number of ether oxygens (including phenoxy) is 1. The van der Waals surface area contributed by atoms with Crippen LogP contribution in [0.1, 0.15) is 43.1 Å². The molecule has 0 bridgehead atoms. The van der Waals surface area contributed by atoms with Gasteiger partial charge in [-0.15, -0.1) is 0 Å². The van der Waals surface area contributed by atoms with Crippen molar-refractivity contribution in [3.05, 3.63) is 68.9 Å². The summed E-state index contributed by atoms with van der Waals surface area (Å²) in [6.07, 6.45) is 2.01. The van der Waals surface area contributed by atoms with Crippen molar-refractivity contribution in [2.75, 3.05) is 23.8 Å².